The van der Waals surface area contributed by atoms with Crippen LogP contribution in [0.25, 0.3) is 0 Å². The van der Waals surface area contributed by atoms with Crippen LogP contribution in [0.3, 0.4) is 0 Å². The molecule has 6 nitrogen and oxygen atoms in total. The molecule has 4 N–H and O–H groups in total. The van der Waals surface area contributed by atoms with Crippen molar-refractivity contribution in [1.29, 1.82) is 0 Å². The summed E-state index contributed by atoms with van der Waals surface area (Å²) in [4.78, 5) is 16.2. The van der Waals surface area contributed by atoms with Gasteiger partial charge in [0.15, 0.2) is 8.46 Å². The molecule has 0 rings (SSSR count). The Kier molecular flexibility index (Phi) is 4.20. The molecule has 60 valence electrons. The molecule has 0 saturated heterocycles. The van der Waals surface area contributed by atoms with Crippen LogP contribution in [0.2, 0.25) is 0 Å². The SMILES string of the molecule is NC(CP=O)OP(=O)(O)O. The van der Waals surface area contributed by atoms with Gasteiger partial charge in [0, 0.05) is 0 Å². The third-order valence-corrected chi connectivity index (χ3v) is 1.58. The lowest BCUT2D eigenvalue weighted by Gasteiger charge is -2.08. The van der Waals surface area contributed by atoms with E-state index in [4.69, 9.17) is 15.5 Å². The lowest BCUT2D eigenvalue weighted by atomic mass is 10.7. The second-order valence-corrected chi connectivity index (χ2v) is 3.26. The van der Waals surface area contributed by atoms with Crippen molar-refractivity contribution in [2.45, 2.75) is 6.23 Å². The van der Waals surface area contributed by atoms with Gasteiger partial charge in [-0.25, -0.2) is 4.57 Å². The molecule has 10 heavy (non-hydrogen) atoms. The quantitative estimate of drug-likeness (QED) is 0.410. The van der Waals surface area contributed by atoms with Gasteiger partial charge in [-0.15, -0.1) is 0 Å². The summed E-state index contributed by atoms with van der Waals surface area (Å²) in [7, 11) is -4.83. The second kappa shape index (κ2) is 4.13. The highest BCUT2D eigenvalue weighted by atomic mass is 31.2. The van der Waals surface area contributed by atoms with Crippen LogP contribution >= 0.6 is 16.3 Å². The van der Waals surface area contributed by atoms with Crippen molar-refractivity contribution >= 4 is 16.3 Å². The van der Waals surface area contributed by atoms with Gasteiger partial charge in [-0.3, -0.25) is 9.09 Å². The molecule has 0 heterocycles. The minimum absolute atomic E-state index is 0.134. The number of hydrogen-bond acceptors (Lipinski definition) is 4. The predicted octanol–water partition coefficient (Wildman–Crippen LogP) is -0.328. The smallest absolute Gasteiger partial charge is 0.305 e. The largest absolute Gasteiger partial charge is 0.471 e. The van der Waals surface area contributed by atoms with E-state index in [9.17, 15) is 9.13 Å². The van der Waals surface area contributed by atoms with E-state index in [1.54, 1.807) is 0 Å². The first kappa shape index (κ1) is 10.2. The molecule has 0 aliphatic carbocycles. The minimum atomic E-state index is -4.52. The second-order valence-electron chi connectivity index (χ2n) is 1.45. The van der Waals surface area contributed by atoms with Gasteiger partial charge in [0.2, 0.25) is 0 Å². The van der Waals surface area contributed by atoms with Crippen LogP contribution in [0, 0.1) is 0 Å². The first-order valence-corrected chi connectivity index (χ1v) is 4.77. The van der Waals surface area contributed by atoms with E-state index in [1.165, 1.54) is 0 Å². The third kappa shape index (κ3) is 6.29. The zero-order valence-corrected chi connectivity index (χ0v) is 6.66. The van der Waals surface area contributed by atoms with Crippen molar-refractivity contribution in [3.63, 3.8) is 0 Å². The first-order valence-electron chi connectivity index (χ1n) is 2.24. The number of phosphoric ester groups is 1. The monoisotopic (exact) mass is 187 g/mol. The molecule has 1 atom stereocenters. The van der Waals surface area contributed by atoms with Crippen LogP contribution in [0.4, 0.5) is 0 Å². The Bertz CT molecular complexity index is 154. The molecule has 0 aromatic heterocycles. The fourth-order valence-corrected chi connectivity index (χ4v) is 1.05. The summed E-state index contributed by atoms with van der Waals surface area (Å²) >= 11 is 0. The molecule has 0 aromatic carbocycles. The maximum Gasteiger partial charge on any atom is 0.471 e. The summed E-state index contributed by atoms with van der Waals surface area (Å²) < 4.78 is 23.7. The Morgan fingerprint density at radius 2 is 2.20 bits per heavy atom. The van der Waals surface area contributed by atoms with Crippen molar-refractivity contribution in [3.05, 3.63) is 0 Å². The van der Waals surface area contributed by atoms with E-state index in [0.29, 0.717) is 0 Å². The Hall–Kier alpha value is 0.170. The molecule has 8 heteroatoms. The van der Waals surface area contributed by atoms with Crippen LogP contribution in [0.5, 0.6) is 0 Å². The van der Waals surface area contributed by atoms with Crippen molar-refractivity contribution in [3.8, 4) is 0 Å². The van der Waals surface area contributed by atoms with Gasteiger partial charge in [0.1, 0.15) is 6.23 Å². The Morgan fingerprint density at radius 1 is 1.70 bits per heavy atom. The number of rotatable bonds is 4. The van der Waals surface area contributed by atoms with Crippen LogP contribution in [0.1, 0.15) is 0 Å². The Morgan fingerprint density at radius 3 is 2.50 bits per heavy atom. The Labute approximate surface area is 58.8 Å². The van der Waals surface area contributed by atoms with Crippen LogP contribution < -0.4 is 5.73 Å². The molecular weight excluding hydrogens is 180 g/mol. The zero-order chi connectivity index (χ0) is 8.20. The molecule has 0 radical (unpaired) electrons. The maximum absolute atomic E-state index is 10.0. The summed E-state index contributed by atoms with van der Waals surface area (Å²) in [5.74, 6) is 0. The zero-order valence-electron chi connectivity index (χ0n) is 4.88. The van der Waals surface area contributed by atoms with Crippen molar-refractivity contribution in [1.82, 2.24) is 0 Å². The predicted molar refractivity (Wildman–Crippen MR) is 33.6 cm³/mol. The van der Waals surface area contributed by atoms with E-state index >= 15 is 0 Å². The molecule has 0 saturated carbocycles. The standard InChI is InChI=1S/C2H7NO5P2/c3-2(1-9-4)8-10(5,6)7/h2H,1,3H2,(H2,5,6,7). The molecular formula is C2H7NO5P2. The highest BCUT2D eigenvalue weighted by molar-refractivity contribution is 7.46. The molecule has 0 spiro atoms. The topological polar surface area (TPSA) is 110 Å². The van der Waals surface area contributed by atoms with Crippen LogP contribution in [-0.4, -0.2) is 22.2 Å². The first-order chi connectivity index (χ1) is 4.45. The molecule has 0 aromatic rings. The normalized spacial score (nSPS) is 15.5. The van der Waals surface area contributed by atoms with Crippen molar-refractivity contribution in [2.75, 3.05) is 6.16 Å². The average molecular weight is 187 g/mol. The van der Waals surface area contributed by atoms with Crippen molar-refractivity contribution < 1.29 is 23.4 Å². The van der Waals surface area contributed by atoms with E-state index in [-0.39, 0.29) is 14.6 Å². The van der Waals surface area contributed by atoms with Gasteiger partial charge in [-0.1, -0.05) is 0 Å². The summed E-state index contributed by atoms with van der Waals surface area (Å²) in [5.41, 5.74) is 4.95. The third-order valence-electron chi connectivity index (χ3n) is 0.527. The fraction of sp³-hybridized carbons (Fsp3) is 1.00. The molecule has 0 amide bonds. The summed E-state index contributed by atoms with van der Waals surface area (Å²) in [6, 6.07) is 0. The van der Waals surface area contributed by atoms with Crippen molar-refractivity contribution in [2.24, 2.45) is 5.73 Å². The molecule has 0 aliphatic heterocycles. The number of hydrogen-bond donors (Lipinski definition) is 3. The fourth-order valence-electron chi connectivity index (χ4n) is 0.283. The summed E-state index contributed by atoms with van der Waals surface area (Å²) in [6.45, 7) is 0. The summed E-state index contributed by atoms with van der Waals surface area (Å²) in [5, 5.41) is 0. The lowest BCUT2D eigenvalue weighted by Crippen LogP contribution is -2.24. The molecule has 1 unspecified atom stereocenters. The highest BCUT2D eigenvalue weighted by Crippen LogP contribution is 2.36. The van der Waals surface area contributed by atoms with Crippen LogP contribution in [0.15, 0.2) is 0 Å². The van der Waals surface area contributed by atoms with Gasteiger partial charge >= 0.3 is 7.82 Å². The van der Waals surface area contributed by atoms with E-state index in [1.807, 2.05) is 0 Å². The van der Waals surface area contributed by atoms with Gasteiger partial charge in [-0.2, -0.15) is 0 Å². The maximum atomic E-state index is 10.0. The van der Waals surface area contributed by atoms with E-state index in [0.717, 1.165) is 0 Å². The van der Waals surface area contributed by atoms with Gasteiger partial charge in [-0.05, 0) is 0 Å². The van der Waals surface area contributed by atoms with E-state index < -0.39 is 14.1 Å². The molecule has 0 aliphatic rings. The van der Waals surface area contributed by atoms with E-state index in [2.05, 4.69) is 4.52 Å². The average Bonchev–Trinajstić information content (AvgIpc) is 1.59. The minimum Gasteiger partial charge on any atom is -0.305 e. The number of phosphoric acid groups is 1. The lowest BCUT2D eigenvalue weighted by molar-refractivity contribution is 0.151. The number of nitrogens with two attached hydrogens (primary N) is 1. The Balaban J connectivity index is 3.68. The van der Waals surface area contributed by atoms with Gasteiger partial charge < -0.3 is 15.5 Å². The van der Waals surface area contributed by atoms with Crippen LogP contribution in [-0.2, 0) is 13.7 Å². The summed E-state index contributed by atoms with van der Waals surface area (Å²) in [6.07, 6.45) is -1.31. The van der Waals surface area contributed by atoms with Gasteiger partial charge in [0.25, 0.3) is 0 Å². The molecule has 0 fully saturated rings. The highest BCUT2D eigenvalue weighted by Gasteiger charge is 2.18. The van der Waals surface area contributed by atoms with Gasteiger partial charge in [0.05, 0.1) is 6.16 Å². The molecule has 0 bridgehead atoms.